The minimum Gasteiger partial charge on any atom is -0.364 e. The first-order valence-electron chi connectivity index (χ1n) is 8.73. The Hall–Kier alpha value is -2.76. The number of hydrogen-bond acceptors (Lipinski definition) is 7. The van der Waals surface area contributed by atoms with E-state index in [1.807, 2.05) is 6.07 Å². The molecule has 2 fully saturated rings. The van der Waals surface area contributed by atoms with Crippen molar-refractivity contribution in [2.45, 2.75) is 44.3 Å². The number of hydrazine groups is 1. The van der Waals surface area contributed by atoms with Crippen molar-refractivity contribution in [2.24, 2.45) is 5.92 Å². The molecule has 0 spiro atoms. The predicted molar refractivity (Wildman–Crippen MR) is 91.6 cm³/mol. The van der Waals surface area contributed by atoms with Gasteiger partial charge in [-0.25, -0.2) is 10.4 Å². The van der Waals surface area contributed by atoms with Crippen LogP contribution in [0, 0.1) is 24.2 Å². The Morgan fingerprint density at radius 2 is 2.27 bits per heavy atom. The summed E-state index contributed by atoms with van der Waals surface area (Å²) in [7, 11) is 0. The molecular formula is C18H20N6O2. The van der Waals surface area contributed by atoms with Crippen molar-refractivity contribution < 1.29 is 9.32 Å². The number of carbonyl (C=O) groups excluding carboxylic acids is 1. The normalized spacial score (nSPS) is 27.5. The molecule has 1 amide bonds. The number of amides is 1. The standard InChI is InChI=1S/C18H20N6O2/c1-10-4-11(6-19)7-20-16(10)18(25)22-13-2-3-15-14(5-13)17(24-23-15)12-8-21-26-9-12/h4,7-9,13-15,17,23-24H,2-3,5H2,1H3,(H,22,25). The second-order valence-electron chi connectivity index (χ2n) is 6.98. The maximum atomic E-state index is 12.6. The Kier molecular flexibility index (Phi) is 4.41. The summed E-state index contributed by atoms with van der Waals surface area (Å²) in [5.74, 6) is 0.166. The van der Waals surface area contributed by atoms with Crippen LogP contribution in [0.25, 0.3) is 0 Å². The number of nitrogens with one attached hydrogen (secondary N) is 3. The van der Waals surface area contributed by atoms with Gasteiger partial charge in [0, 0.05) is 23.8 Å². The van der Waals surface area contributed by atoms with Crippen molar-refractivity contribution in [3.05, 3.63) is 47.1 Å². The van der Waals surface area contributed by atoms with Crippen molar-refractivity contribution >= 4 is 5.91 Å². The summed E-state index contributed by atoms with van der Waals surface area (Å²) in [6, 6.07) is 4.31. The van der Waals surface area contributed by atoms with E-state index >= 15 is 0 Å². The SMILES string of the molecule is Cc1cc(C#N)cnc1C(=O)NC1CCC2NNC(c3cnoc3)C2C1. The molecule has 8 heteroatoms. The third-order valence-corrected chi connectivity index (χ3v) is 5.32. The second-order valence-corrected chi connectivity index (χ2v) is 6.98. The highest BCUT2D eigenvalue weighted by molar-refractivity contribution is 5.93. The molecule has 3 N–H and O–H groups in total. The summed E-state index contributed by atoms with van der Waals surface area (Å²) < 4.78 is 4.97. The number of carbonyl (C=O) groups is 1. The van der Waals surface area contributed by atoms with Crippen LogP contribution in [0.3, 0.4) is 0 Å². The zero-order valence-corrected chi connectivity index (χ0v) is 14.4. The number of fused-ring (bicyclic) bond motifs is 1. The molecule has 2 aliphatic rings. The Bertz CT molecular complexity index is 844. The molecule has 1 aliphatic carbocycles. The van der Waals surface area contributed by atoms with Crippen LogP contribution in [-0.4, -0.2) is 28.1 Å². The third-order valence-electron chi connectivity index (χ3n) is 5.32. The fourth-order valence-corrected chi connectivity index (χ4v) is 4.01. The largest absolute Gasteiger partial charge is 0.364 e. The summed E-state index contributed by atoms with van der Waals surface area (Å²) in [5, 5.41) is 15.8. The molecule has 1 saturated carbocycles. The predicted octanol–water partition coefficient (Wildman–Crippen LogP) is 1.37. The minimum absolute atomic E-state index is 0.0876. The van der Waals surface area contributed by atoms with Gasteiger partial charge in [-0.05, 0) is 43.7 Å². The van der Waals surface area contributed by atoms with E-state index in [2.05, 4.69) is 26.3 Å². The number of rotatable bonds is 3. The maximum absolute atomic E-state index is 12.6. The average Bonchev–Trinajstić information content (AvgIpc) is 3.30. The number of nitriles is 1. The average molecular weight is 352 g/mol. The lowest BCUT2D eigenvalue weighted by Crippen LogP contribution is -2.44. The first kappa shape index (κ1) is 16.7. The molecule has 2 aromatic heterocycles. The van der Waals surface area contributed by atoms with Crippen molar-refractivity contribution in [1.29, 1.82) is 5.26 Å². The lowest BCUT2D eigenvalue weighted by Gasteiger charge is -2.33. The van der Waals surface area contributed by atoms with E-state index in [0.717, 1.165) is 24.8 Å². The van der Waals surface area contributed by atoms with E-state index in [9.17, 15) is 4.79 Å². The molecule has 3 heterocycles. The third kappa shape index (κ3) is 3.07. The highest BCUT2D eigenvalue weighted by Gasteiger charge is 2.42. The summed E-state index contributed by atoms with van der Waals surface area (Å²) >= 11 is 0. The van der Waals surface area contributed by atoms with Crippen LogP contribution >= 0.6 is 0 Å². The molecular weight excluding hydrogens is 332 g/mol. The minimum atomic E-state index is -0.184. The van der Waals surface area contributed by atoms with Gasteiger partial charge in [-0.15, -0.1) is 0 Å². The van der Waals surface area contributed by atoms with Crippen LogP contribution in [-0.2, 0) is 0 Å². The monoisotopic (exact) mass is 352 g/mol. The van der Waals surface area contributed by atoms with Gasteiger partial charge in [-0.2, -0.15) is 5.26 Å². The smallest absolute Gasteiger partial charge is 0.270 e. The molecule has 4 rings (SSSR count). The summed E-state index contributed by atoms with van der Waals surface area (Å²) in [5.41, 5.74) is 9.23. The number of aryl methyl sites for hydroxylation is 1. The lowest BCUT2D eigenvalue weighted by molar-refractivity contribution is 0.0909. The van der Waals surface area contributed by atoms with E-state index in [0.29, 0.717) is 28.8 Å². The van der Waals surface area contributed by atoms with Crippen molar-refractivity contribution in [1.82, 2.24) is 26.3 Å². The van der Waals surface area contributed by atoms with E-state index < -0.39 is 0 Å². The molecule has 8 nitrogen and oxygen atoms in total. The van der Waals surface area contributed by atoms with E-state index in [4.69, 9.17) is 9.78 Å². The van der Waals surface area contributed by atoms with E-state index in [1.54, 1.807) is 25.5 Å². The molecule has 1 saturated heterocycles. The zero-order chi connectivity index (χ0) is 18.1. The summed E-state index contributed by atoms with van der Waals surface area (Å²) in [4.78, 5) is 16.8. The van der Waals surface area contributed by atoms with Crippen LogP contribution < -0.4 is 16.2 Å². The van der Waals surface area contributed by atoms with Crippen LogP contribution in [0.4, 0.5) is 0 Å². The van der Waals surface area contributed by atoms with Gasteiger partial charge in [-0.3, -0.25) is 10.2 Å². The Labute approximate surface area is 150 Å². The number of hydrogen-bond donors (Lipinski definition) is 3. The molecule has 134 valence electrons. The van der Waals surface area contributed by atoms with Gasteiger partial charge in [0.05, 0.1) is 17.8 Å². The Morgan fingerprint density at radius 3 is 3.00 bits per heavy atom. The number of pyridine rings is 1. The number of aromatic nitrogens is 2. The zero-order valence-electron chi connectivity index (χ0n) is 14.4. The molecule has 4 atom stereocenters. The Balaban J connectivity index is 1.44. The van der Waals surface area contributed by atoms with Crippen LogP contribution in [0.2, 0.25) is 0 Å². The van der Waals surface area contributed by atoms with Gasteiger partial charge >= 0.3 is 0 Å². The molecule has 26 heavy (non-hydrogen) atoms. The second kappa shape index (κ2) is 6.86. The van der Waals surface area contributed by atoms with E-state index in [1.165, 1.54) is 6.20 Å². The van der Waals surface area contributed by atoms with E-state index in [-0.39, 0.29) is 18.0 Å². The first-order valence-corrected chi connectivity index (χ1v) is 8.73. The molecule has 1 aliphatic heterocycles. The fourth-order valence-electron chi connectivity index (χ4n) is 4.01. The van der Waals surface area contributed by atoms with Crippen LogP contribution in [0.15, 0.2) is 29.2 Å². The molecule has 2 aromatic rings. The first-order chi connectivity index (χ1) is 12.7. The highest BCUT2D eigenvalue weighted by atomic mass is 16.5. The quantitative estimate of drug-likeness (QED) is 0.764. The van der Waals surface area contributed by atoms with Gasteiger partial charge in [0.15, 0.2) is 0 Å². The lowest BCUT2D eigenvalue weighted by atomic mass is 9.78. The number of nitrogens with zero attached hydrogens (tertiary/aromatic N) is 3. The van der Waals surface area contributed by atoms with Crippen LogP contribution in [0.1, 0.15) is 52.5 Å². The van der Waals surface area contributed by atoms with Crippen molar-refractivity contribution in [3.63, 3.8) is 0 Å². The van der Waals surface area contributed by atoms with Crippen molar-refractivity contribution in [3.8, 4) is 6.07 Å². The van der Waals surface area contributed by atoms with Gasteiger partial charge < -0.3 is 9.84 Å². The van der Waals surface area contributed by atoms with Gasteiger partial charge in [-0.1, -0.05) is 5.16 Å². The van der Waals surface area contributed by atoms with Gasteiger partial charge in [0.2, 0.25) is 0 Å². The molecule has 0 radical (unpaired) electrons. The van der Waals surface area contributed by atoms with Gasteiger partial charge in [0.25, 0.3) is 5.91 Å². The summed E-state index contributed by atoms with van der Waals surface area (Å²) in [6.45, 7) is 1.80. The highest BCUT2D eigenvalue weighted by Crippen LogP contribution is 2.37. The van der Waals surface area contributed by atoms with Crippen molar-refractivity contribution in [2.75, 3.05) is 0 Å². The summed E-state index contributed by atoms with van der Waals surface area (Å²) in [6.07, 6.45) is 7.58. The molecule has 0 aromatic carbocycles. The van der Waals surface area contributed by atoms with Gasteiger partial charge in [0.1, 0.15) is 18.0 Å². The maximum Gasteiger partial charge on any atom is 0.270 e. The molecule has 4 unspecified atom stereocenters. The fraction of sp³-hybridized carbons (Fsp3) is 0.444. The Morgan fingerprint density at radius 1 is 1.38 bits per heavy atom. The molecule has 0 bridgehead atoms. The van der Waals surface area contributed by atoms with Crippen LogP contribution in [0.5, 0.6) is 0 Å². The topological polar surface area (TPSA) is 116 Å².